The van der Waals surface area contributed by atoms with Crippen molar-refractivity contribution in [3.63, 3.8) is 0 Å². The molecule has 2 aliphatic rings. The molecule has 10 heteroatoms. The molecule has 1 unspecified atom stereocenters. The molecular formula is C24H32IN3O5Si. The molecular weight excluding hydrogens is 565 g/mol. The lowest BCUT2D eigenvalue weighted by molar-refractivity contribution is -0.175. The van der Waals surface area contributed by atoms with Crippen molar-refractivity contribution in [3.8, 4) is 0 Å². The van der Waals surface area contributed by atoms with E-state index in [9.17, 15) is 9.59 Å². The van der Waals surface area contributed by atoms with Gasteiger partial charge in [0.1, 0.15) is 17.8 Å². The molecule has 2 bridgehead atoms. The number of hydrogen-bond acceptors (Lipinski definition) is 6. The van der Waals surface area contributed by atoms with Gasteiger partial charge in [0.15, 0.2) is 20.4 Å². The number of nitrogens with zero attached hydrogens (tertiary/aromatic N) is 2. The maximum atomic E-state index is 13.0. The van der Waals surface area contributed by atoms with E-state index in [2.05, 4.69) is 73.7 Å². The Morgan fingerprint density at radius 3 is 2.62 bits per heavy atom. The van der Waals surface area contributed by atoms with Gasteiger partial charge in [0.2, 0.25) is 0 Å². The predicted molar refractivity (Wildman–Crippen MR) is 141 cm³/mol. The number of hydrogen-bond donors (Lipinski definition) is 1. The molecule has 2 aromatic rings. The molecule has 4 atom stereocenters. The van der Waals surface area contributed by atoms with E-state index in [1.54, 1.807) is 30.5 Å². The number of carbonyl (C=O) groups is 1. The summed E-state index contributed by atoms with van der Waals surface area (Å²) in [4.78, 5) is 29.7. The van der Waals surface area contributed by atoms with Crippen molar-refractivity contribution in [2.24, 2.45) is 0 Å². The van der Waals surface area contributed by atoms with Crippen LogP contribution < -0.4 is 11.0 Å². The van der Waals surface area contributed by atoms with Crippen LogP contribution >= 0.6 is 22.6 Å². The zero-order valence-corrected chi connectivity index (χ0v) is 23.6. The lowest BCUT2D eigenvalue weighted by atomic mass is 9.96. The number of carbonyl (C=O) groups excluding carboxylic acids is 1. The van der Waals surface area contributed by atoms with Crippen LogP contribution in [-0.4, -0.2) is 48.2 Å². The Kier molecular flexibility index (Phi) is 6.84. The van der Waals surface area contributed by atoms with Crippen LogP contribution in [-0.2, 0) is 13.9 Å². The number of aromatic nitrogens is 2. The molecule has 2 aliphatic heterocycles. The minimum Gasteiger partial charge on any atom is -0.408 e. The van der Waals surface area contributed by atoms with Crippen molar-refractivity contribution >= 4 is 42.6 Å². The van der Waals surface area contributed by atoms with E-state index in [-0.39, 0.29) is 22.9 Å². The highest BCUT2D eigenvalue weighted by atomic mass is 127. The summed E-state index contributed by atoms with van der Waals surface area (Å²) in [6.45, 7) is 13.5. The second-order valence-corrected chi connectivity index (χ2v) is 16.4. The molecule has 2 saturated heterocycles. The Bertz CT molecular complexity index is 1130. The van der Waals surface area contributed by atoms with E-state index in [0.717, 1.165) is 0 Å². The summed E-state index contributed by atoms with van der Waals surface area (Å²) in [7, 11) is -2.10. The molecule has 0 radical (unpaired) electrons. The first-order valence-electron chi connectivity index (χ1n) is 11.5. The molecule has 3 heterocycles. The molecule has 4 rings (SSSR count). The van der Waals surface area contributed by atoms with E-state index >= 15 is 0 Å². The summed E-state index contributed by atoms with van der Waals surface area (Å²) in [6, 6.07) is 8.81. The Morgan fingerprint density at radius 2 is 2.00 bits per heavy atom. The van der Waals surface area contributed by atoms with Crippen LogP contribution in [0.2, 0.25) is 18.1 Å². The van der Waals surface area contributed by atoms with Gasteiger partial charge in [-0.25, -0.2) is 4.79 Å². The summed E-state index contributed by atoms with van der Waals surface area (Å²) in [5.74, 6) is -0.102. The highest BCUT2D eigenvalue weighted by Crippen LogP contribution is 2.50. The Hall–Kier alpha value is -1.60. The number of halogens is 1. The summed E-state index contributed by atoms with van der Waals surface area (Å²) in [5, 5.41) is 2.77. The first kappa shape index (κ1) is 25.5. The summed E-state index contributed by atoms with van der Waals surface area (Å²) in [6.07, 6.45) is 1.07. The van der Waals surface area contributed by atoms with Crippen LogP contribution in [0.4, 0.5) is 5.82 Å². The van der Waals surface area contributed by atoms with E-state index in [1.807, 2.05) is 6.07 Å². The number of fused-ring (bicyclic) bond motifs is 2. The topological polar surface area (TPSA) is 91.7 Å². The third-order valence-electron chi connectivity index (χ3n) is 7.25. The highest BCUT2D eigenvalue weighted by Gasteiger charge is 2.63. The molecule has 2 fully saturated rings. The highest BCUT2D eigenvalue weighted by molar-refractivity contribution is 14.1. The Balaban J connectivity index is 1.61. The van der Waals surface area contributed by atoms with Crippen molar-refractivity contribution < 1.29 is 18.7 Å². The summed E-state index contributed by atoms with van der Waals surface area (Å²) in [5.41, 5.74) is -0.623. The van der Waals surface area contributed by atoms with Gasteiger partial charge in [-0.2, -0.15) is 4.98 Å². The maximum Gasteiger partial charge on any atom is 0.351 e. The van der Waals surface area contributed by atoms with E-state index in [1.165, 1.54) is 4.57 Å². The summed E-state index contributed by atoms with van der Waals surface area (Å²) < 4.78 is 21.5. The van der Waals surface area contributed by atoms with Gasteiger partial charge in [-0.05, 0) is 59.3 Å². The molecule has 184 valence electrons. The van der Waals surface area contributed by atoms with Crippen molar-refractivity contribution in [1.29, 1.82) is 0 Å². The quantitative estimate of drug-likeness (QED) is 0.388. The van der Waals surface area contributed by atoms with Crippen molar-refractivity contribution in [3.05, 3.63) is 56.1 Å². The minimum absolute atomic E-state index is 0.0336. The van der Waals surface area contributed by atoms with Gasteiger partial charge in [-0.15, -0.1) is 0 Å². The average molecular weight is 598 g/mol. The summed E-state index contributed by atoms with van der Waals surface area (Å²) >= 11 is 2.07. The fourth-order valence-electron chi connectivity index (χ4n) is 4.10. The molecule has 1 amide bonds. The second-order valence-electron chi connectivity index (χ2n) is 10.4. The normalized spacial score (nSPS) is 26.6. The number of ether oxygens (including phenoxy) is 2. The smallest absolute Gasteiger partial charge is 0.351 e. The number of anilines is 1. The van der Waals surface area contributed by atoms with E-state index in [0.29, 0.717) is 22.2 Å². The van der Waals surface area contributed by atoms with Crippen LogP contribution in [0.15, 0.2) is 41.3 Å². The van der Waals surface area contributed by atoms with Gasteiger partial charge in [0.05, 0.1) is 10.2 Å². The molecule has 8 nitrogen and oxygen atoms in total. The lowest BCUT2D eigenvalue weighted by Gasteiger charge is -2.40. The molecule has 0 aliphatic carbocycles. The standard InChI is InChI=1S/C24H32IN3O5Si/c1-7-24-14-31-17(18(24)33-34(5,6)23(2,3)4)21(32-24)28-13-16(25)19(27-22(28)30)26-20(29)15-11-9-8-10-12-15/h8-13,17-18,21H,7,14H2,1-6H3,(H,26,27,29,30)/t17-,18?,21+,24-/m0/s1. The second kappa shape index (κ2) is 9.12. The lowest BCUT2D eigenvalue weighted by Crippen LogP contribution is -2.51. The van der Waals surface area contributed by atoms with E-state index < -0.39 is 31.9 Å². The predicted octanol–water partition coefficient (Wildman–Crippen LogP) is 4.57. The fourth-order valence-corrected chi connectivity index (χ4v) is 5.99. The van der Waals surface area contributed by atoms with Gasteiger partial charge >= 0.3 is 5.69 Å². The number of amides is 1. The Labute approximate surface area is 214 Å². The molecule has 1 N–H and O–H groups in total. The van der Waals surface area contributed by atoms with Gasteiger partial charge in [0, 0.05) is 11.8 Å². The number of rotatable bonds is 6. The third-order valence-corrected chi connectivity index (χ3v) is 12.5. The van der Waals surface area contributed by atoms with Gasteiger partial charge in [-0.1, -0.05) is 45.9 Å². The number of nitrogens with one attached hydrogen (secondary N) is 1. The SMILES string of the molecule is CC[C@]12CO[C@@H](C1O[Si](C)(C)C(C)(C)C)[C@H](n1cc(I)c(NC(=O)c3ccccc3)nc1=O)O2. The molecule has 34 heavy (non-hydrogen) atoms. The molecule has 0 spiro atoms. The van der Waals surface area contributed by atoms with Crippen LogP contribution in [0.25, 0.3) is 0 Å². The zero-order chi connectivity index (χ0) is 24.9. The van der Waals surface area contributed by atoms with Crippen LogP contribution in [0.1, 0.15) is 50.7 Å². The largest absolute Gasteiger partial charge is 0.408 e. The molecule has 0 saturated carbocycles. The third kappa shape index (κ3) is 4.50. The molecule has 1 aromatic carbocycles. The monoisotopic (exact) mass is 597 g/mol. The minimum atomic E-state index is -2.10. The van der Waals surface area contributed by atoms with Crippen molar-refractivity contribution in [2.45, 2.75) is 76.3 Å². The Morgan fingerprint density at radius 1 is 1.32 bits per heavy atom. The van der Waals surface area contributed by atoms with Crippen molar-refractivity contribution in [1.82, 2.24) is 9.55 Å². The van der Waals surface area contributed by atoms with Crippen LogP contribution in [0.3, 0.4) is 0 Å². The van der Waals surface area contributed by atoms with Gasteiger partial charge in [-0.3, -0.25) is 9.36 Å². The van der Waals surface area contributed by atoms with Crippen LogP contribution in [0, 0.1) is 3.57 Å². The zero-order valence-electron chi connectivity index (χ0n) is 20.4. The van der Waals surface area contributed by atoms with Crippen molar-refractivity contribution in [2.75, 3.05) is 11.9 Å². The van der Waals surface area contributed by atoms with Crippen LogP contribution in [0.5, 0.6) is 0 Å². The first-order chi connectivity index (χ1) is 15.9. The molecule has 1 aromatic heterocycles. The first-order valence-corrected chi connectivity index (χ1v) is 15.5. The van der Waals surface area contributed by atoms with Gasteiger partial charge in [0.25, 0.3) is 5.91 Å². The maximum absolute atomic E-state index is 13.0. The fraction of sp³-hybridized carbons (Fsp3) is 0.542. The van der Waals surface area contributed by atoms with E-state index in [4.69, 9.17) is 13.9 Å². The van der Waals surface area contributed by atoms with Gasteiger partial charge < -0.3 is 19.2 Å². The average Bonchev–Trinajstić information content (AvgIpc) is 3.27. The number of benzene rings is 1.